The molecule has 3 aliphatic heterocycles. The molecular weight excluding hydrogens is 817 g/mol. The summed E-state index contributed by atoms with van der Waals surface area (Å²) in [6.07, 6.45) is 8.23. The number of halogens is 2. The summed E-state index contributed by atoms with van der Waals surface area (Å²) in [5.41, 5.74) is 13.1. The highest BCUT2D eigenvalue weighted by Crippen LogP contribution is 2.62. The highest BCUT2D eigenvalue weighted by atomic mass is 19.2. The van der Waals surface area contributed by atoms with Gasteiger partial charge in [-0.25, -0.2) is 4.58 Å². The van der Waals surface area contributed by atoms with E-state index in [9.17, 15) is 4.79 Å². The van der Waals surface area contributed by atoms with E-state index in [1.165, 1.54) is 86.7 Å². The highest BCUT2D eigenvalue weighted by Gasteiger charge is 2.71. The molecule has 3 saturated carbocycles. The number of nitrogens with zero attached hydrogens (tertiary/aromatic N) is 2. The molecule has 4 nitrogen and oxygen atoms in total. The van der Waals surface area contributed by atoms with Crippen molar-refractivity contribution in [2.75, 3.05) is 7.05 Å². The van der Waals surface area contributed by atoms with Crippen molar-refractivity contribution < 1.29 is 27.2 Å². The van der Waals surface area contributed by atoms with E-state index in [0.717, 1.165) is 73.1 Å². The van der Waals surface area contributed by atoms with E-state index in [2.05, 4.69) is 96.1 Å². The normalized spacial score (nSPS) is 25.3. The van der Waals surface area contributed by atoms with Gasteiger partial charge >= 0.3 is 12.8 Å². The van der Waals surface area contributed by atoms with E-state index < -0.39 is 12.8 Å². The number of aryl methyl sites for hydroxylation is 1. The van der Waals surface area contributed by atoms with Crippen LogP contribution in [0.4, 0.5) is 8.63 Å². The summed E-state index contributed by atoms with van der Waals surface area (Å²) in [6.45, 7) is 11.8. The number of fused-ring (bicyclic) bond motifs is 14. The van der Waals surface area contributed by atoms with E-state index in [-0.39, 0.29) is 23.2 Å². The van der Waals surface area contributed by atoms with Crippen molar-refractivity contribution in [3.8, 4) is 5.75 Å². The molecule has 0 spiro atoms. The molecule has 4 aliphatic carbocycles. The topological polar surface area (TPSA) is 32.3 Å². The van der Waals surface area contributed by atoms with Crippen molar-refractivity contribution in [1.82, 2.24) is 0 Å². The second kappa shape index (κ2) is 13.6. The fourth-order valence-corrected chi connectivity index (χ4v) is 14.7. The van der Waals surface area contributed by atoms with Gasteiger partial charge in [0.15, 0.2) is 17.3 Å². The summed E-state index contributed by atoms with van der Waals surface area (Å²) in [7, 11) is 1.93. The third-order valence-corrected chi connectivity index (χ3v) is 17.6. The van der Waals surface area contributed by atoms with Crippen LogP contribution in [-0.4, -0.2) is 46.3 Å². The van der Waals surface area contributed by atoms with Crippen molar-refractivity contribution in [2.24, 2.45) is 23.7 Å². The Morgan fingerprint density at radius 3 is 1.98 bits per heavy atom. The molecule has 4 bridgehead atoms. The van der Waals surface area contributed by atoms with Crippen molar-refractivity contribution >= 4 is 72.9 Å². The number of carbonyl (C=O) groups is 1. The second-order valence-electron chi connectivity index (χ2n) is 23.4. The van der Waals surface area contributed by atoms with Crippen LogP contribution in [0.25, 0.3) is 48.7 Å². The molecule has 3 fully saturated rings. The molecule has 0 N–H and O–H groups in total. The Morgan fingerprint density at radius 1 is 0.697 bits per heavy atom. The van der Waals surface area contributed by atoms with Crippen LogP contribution in [-0.2, 0) is 22.0 Å². The number of ether oxygens (including phenoxy) is 1. The molecule has 0 aromatic heterocycles. The molecule has 334 valence electrons. The Hall–Kier alpha value is -5.43. The van der Waals surface area contributed by atoms with Gasteiger partial charge in [0.25, 0.3) is 0 Å². The standard InChI is InChI=1S/C59H60BF2N2O2/c1-31-48-34-15-16-35(25-34)51(48)56-50(54-52-36-17-18-37(26-36)55(52)63(8)57(54)60(61,62)64(31)56)33-19-22-41(23-20-33)66-47(65)14-9-11-32-21-24-44-46-30-40(59(5,6)7)28-38-27-39(58(2,3)4)29-45(49(38)46)43-13-10-12-42(32)53(43)44/h10,12-13,19-24,27-30,34-37,57H,9,11,14-18,25-26H2,1-8H3/q+1. The predicted octanol–water partition coefficient (Wildman–Crippen LogP) is 13.8. The fourth-order valence-electron chi connectivity index (χ4n) is 14.7. The Bertz CT molecular complexity index is 3300. The quantitative estimate of drug-likeness (QED) is 0.0417. The lowest BCUT2D eigenvalue weighted by Gasteiger charge is -2.35. The van der Waals surface area contributed by atoms with Crippen molar-refractivity contribution in [3.63, 3.8) is 0 Å². The van der Waals surface area contributed by atoms with Gasteiger partial charge in [-0.1, -0.05) is 96.1 Å². The number of hydrogen-bond acceptors (Lipinski definition) is 2. The summed E-state index contributed by atoms with van der Waals surface area (Å²) >= 11 is 0. The minimum absolute atomic E-state index is 0.00328. The van der Waals surface area contributed by atoms with Gasteiger partial charge in [-0.05, 0) is 170 Å². The molecule has 5 unspecified atom stereocenters. The lowest BCUT2D eigenvalue weighted by atomic mass is 9.59. The number of allylic oxidation sites excluding steroid dienone is 3. The molecule has 66 heavy (non-hydrogen) atoms. The summed E-state index contributed by atoms with van der Waals surface area (Å²) in [5.74, 6) is 0.734. The second-order valence-corrected chi connectivity index (χ2v) is 23.4. The van der Waals surface area contributed by atoms with E-state index >= 15 is 8.63 Å². The van der Waals surface area contributed by atoms with Crippen LogP contribution < -0.4 is 4.74 Å². The van der Waals surface area contributed by atoms with E-state index in [4.69, 9.17) is 4.74 Å². The van der Waals surface area contributed by atoms with Crippen molar-refractivity contribution in [1.29, 1.82) is 0 Å². The zero-order chi connectivity index (χ0) is 45.5. The summed E-state index contributed by atoms with van der Waals surface area (Å²) in [6, 6.07) is 28.8. The van der Waals surface area contributed by atoms with E-state index in [0.29, 0.717) is 35.8 Å². The van der Waals surface area contributed by atoms with Crippen LogP contribution in [0, 0.1) is 23.7 Å². The van der Waals surface area contributed by atoms with Gasteiger partial charge in [-0.2, -0.15) is 0 Å². The number of rotatable bonds is 6. The van der Waals surface area contributed by atoms with Crippen LogP contribution in [0.2, 0.25) is 0 Å². The molecule has 13 rings (SSSR count). The number of esters is 1. The molecule has 3 heterocycles. The summed E-state index contributed by atoms with van der Waals surface area (Å²) < 4.78 is 44.3. The zero-order valence-electron chi connectivity index (χ0n) is 39.8. The van der Waals surface area contributed by atoms with Gasteiger partial charge in [0.2, 0.25) is 0 Å². The Balaban J connectivity index is 0.805. The largest absolute Gasteiger partial charge is 0.683 e. The Kier molecular flexibility index (Phi) is 8.41. The van der Waals surface area contributed by atoms with Crippen LogP contribution in [0.3, 0.4) is 0 Å². The average Bonchev–Trinajstić information content (AvgIpc) is 4.14. The van der Waals surface area contributed by atoms with Gasteiger partial charge in [-0.15, -0.1) is 0 Å². The third kappa shape index (κ3) is 5.52. The SMILES string of the molecule is CC1=[N+]2C(=C(c3ccc(OC(=O)CCCc4ccc5c6cc(C(C)(C)C)cc7cc(C(C)(C)C)cc(c8cccc4c85)c76)cc3)C3=C4C(=[N+](C)C3[B-]2(F)F)C2CCC4C2)C2=C1C1CCC2C1. The first-order valence-electron chi connectivity index (χ1n) is 25.0. The monoisotopic (exact) mass is 877 g/mol. The highest BCUT2D eigenvalue weighted by molar-refractivity contribution is 6.62. The molecule has 0 saturated heterocycles. The smallest absolute Gasteiger partial charge is 0.427 e. The maximum absolute atomic E-state index is 17.4. The third-order valence-electron chi connectivity index (χ3n) is 17.6. The first-order valence-corrected chi connectivity index (χ1v) is 25.0. The molecular formula is C59H60BF2N2O2+. The van der Waals surface area contributed by atoms with Crippen molar-refractivity contribution in [2.45, 2.75) is 123 Å². The average molecular weight is 878 g/mol. The number of hydrogen-bond donors (Lipinski definition) is 0. The molecule has 6 aromatic carbocycles. The maximum Gasteiger partial charge on any atom is 0.683 e. The van der Waals surface area contributed by atoms with Crippen LogP contribution >= 0.6 is 0 Å². The molecule has 0 amide bonds. The maximum atomic E-state index is 17.4. The Morgan fingerprint density at radius 2 is 1.30 bits per heavy atom. The van der Waals surface area contributed by atoms with E-state index in [1.807, 2.05) is 42.8 Å². The molecule has 5 atom stereocenters. The zero-order valence-corrected chi connectivity index (χ0v) is 39.8. The number of benzene rings is 6. The molecule has 7 heteroatoms. The van der Waals surface area contributed by atoms with Gasteiger partial charge in [0.1, 0.15) is 18.5 Å². The van der Waals surface area contributed by atoms with Crippen molar-refractivity contribution in [3.05, 3.63) is 129 Å². The molecule has 0 radical (unpaired) electrons. The summed E-state index contributed by atoms with van der Waals surface area (Å²) in [5, 5.41) is 10.4. The van der Waals surface area contributed by atoms with Crippen LogP contribution in [0.5, 0.6) is 5.75 Å². The fraction of sp³-hybridized carbons (Fsp3) is 0.407. The predicted molar refractivity (Wildman–Crippen MR) is 267 cm³/mol. The number of likely N-dealkylation sites (N-methyl/N-ethyl adjacent to an activating group) is 1. The molecule has 7 aliphatic rings. The van der Waals surface area contributed by atoms with Crippen LogP contribution in [0.15, 0.2) is 107 Å². The van der Waals surface area contributed by atoms with Gasteiger partial charge in [0, 0.05) is 41.6 Å². The van der Waals surface area contributed by atoms with Gasteiger partial charge in [-0.3, -0.25) is 4.79 Å². The van der Waals surface area contributed by atoms with Gasteiger partial charge < -0.3 is 17.9 Å². The van der Waals surface area contributed by atoms with Crippen LogP contribution in [0.1, 0.15) is 122 Å². The van der Waals surface area contributed by atoms with E-state index in [1.54, 1.807) is 0 Å². The lowest BCUT2D eigenvalue weighted by molar-refractivity contribution is -0.528. The Labute approximate surface area is 387 Å². The summed E-state index contributed by atoms with van der Waals surface area (Å²) in [4.78, 5) is 13.6. The number of carbonyl (C=O) groups excluding carboxylic acids is 1. The first kappa shape index (κ1) is 40.8. The lowest BCUT2D eigenvalue weighted by Crippen LogP contribution is -2.58. The minimum atomic E-state index is -3.93. The molecule has 6 aromatic rings. The first-order chi connectivity index (χ1) is 31.5. The minimum Gasteiger partial charge on any atom is -0.427 e. The van der Waals surface area contributed by atoms with Gasteiger partial charge in [0.05, 0.1) is 5.57 Å².